The van der Waals surface area contributed by atoms with Crippen LogP contribution in [0.2, 0.25) is 5.02 Å². The van der Waals surface area contributed by atoms with E-state index in [-0.39, 0.29) is 12.5 Å². The number of hydrogen-bond acceptors (Lipinski definition) is 3. The maximum absolute atomic E-state index is 12.0. The summed E-state index contributed by atoms with van der Waals surface area (Å²) >= 11 is 6.11. The molecule has 3 amide bonds. The molecule has 25 heavy (non-hydrogen) atoms. The molecule has 0 aromatic heterocycles. The number of nitrogens with zero attached hydrogens (tertiary/aromatic N) is 1. The number of nitrogens with one attached hydrogen (secondary N) is 2. The summed E-state index contributed by atoms with van der Waals surface area (Å²) in [6, 6.07) is 12.6. The van der Waals surface area contributed by atoms with Crippen molar-refractivity contribution in [2.24, 2.45) is 0 Å². The molecule has 0 heterocycles. The summed E-state index contributed by atoms with van der Waals surface area (Å²) in [5.74, 6) is -0.378. The van der Waals surface area contributed by atoms with Crippen molar-refractivity contribution in [1.29, 1.82) is 0 Å². The molecule has 0 aliphatic carbocycles. The van der Waals surface area contributed by atoms with Crippen LogP contribution in [-0.2, 0) is 11.3 Å². The SMILES string of the molecule is Cc1ccc(NC(=O)NC(=O)CN(C)Cc2ccccc2Cl)c(C)c1. The molecule has 0 bridgehead atoms. The van der Waals surface area contributed by atoms with Gasteiger partial charge in [-0.1, -0.05) is 47.5 Å². The first-order valence-electron chi connectivity index (χ1n) is 7.95. The van der Waals surface area contributed by atoms with Crippen LogP contribution in [0.5, 0.6) is 0 Å². The van der Waals surface area contributed by atoms with Gasteiger partial charge in [-0.05, 0) is 44.2 Å². The standard InChI is InChI=1S/C19H22ClN3O2/c1-13-8-9-17(14(2)10-13)21-19(25)22-18(24)12-23(3)11-15-6-4-5-7-16(15)20/h4-10H,11-12H2,1-3H3,(H2,21,22,24,25). The molecule has 0 unspecified atom stereocenters. The summed E-state index contributed by atoms with van der Waals surface area (Å²) in [4.78, 5) is 25.8. The summed E-state index contributed by atoms with van der Waals surface area (Å²) < 4.78 is 0. The second-order valence-electron chi connectivity index (χ2n) is 6.08. The molecule has 2 aromatic carbocycles. The summed E-state index contributed by atoms with van der Waals surface area (Å²) in [5, 5.41) is 5.68. The molecule has 2 aromatic rings. The van der Waals surface area contributed by atoms with Crippen molar-refractivity contribution < 1.29 is 9.59 Å². The Morgan fingerprint density at radius 2 is 1.84 bits per heavy atom. The Balaban J connectivity index is 1.84. The van der Waals surface area contributed by atoms with Gasteiger partial charge in [-0.25, -0.2) is 4.79 Å². The predicted molar refractivity (Wildman–Crippen MR) is 101 cm³/mol. The fourth-order valence-corrected chi connectivity index (χ4v) is 2.69. The van der Waals surface area contributed by atoms with Crippen LogP contribution in [0.1, 0.15) is 16.7 Å². The highest BCUT2D eigenvalue weighted by atomic mass is 35.5. The quantitative estimate of drug-likeness (QED) is 0.854. The number of benzene rings is 2. The topological polar surface area (TPSA) is 61.4 Å². The van der Waals surface area contributed by atoms with Crippen molar-refractivity contribution in [2.75, 3.05) is 18.9 Å². The fourth-order valence-electron chi connectivity index (χ4n) is 2.49. The number of rotatable bonds is 5. The number of anilines is 1. The van der Waals surface area contributed by atoms with Crippen LogP contribution in [0.3, 0.4) is 0 Å². The summed E-state index contributed by atoms with van der Waals surface area (Å²) in [7, 11) is 1.80. The zero-order valence-electron chi connectivity index (χ0n) is 14.6. The van der Waals surface area contributed by atoms with Gasteiger partial charge in [0.1, 0.15) is 0 Å². The van der Waals surface area contributed by atoms with E-state index in [4.69, 9.17) is 11.6 Å². The van der Waals surface area contributed by atoms with E-state index in [1.807, 2.05) is 56.3 Å². The Bertz CT molecular complexity index is 777. The van der Waals surface area contributed by atoms with E-state index in [9.17, 15) is 9.59 Å². The van der Waals surface area contributed by atoms with Gasteiger partial charge in [0.15, 0.2) is 0 Å². The zero-order chi connectivity index (χ0) is 18.4. The first kappa shape index (κ1) is 19.0. The number of likely N-dealkylation sites (N-methyl/N-ethyl adjacent to an activating group) is 1. The molecule has 6 heteroatoms. The van der Waals surface area contributed by atoms with Crippen molar-refractivity contribution in [3.63, 3.8) is 0 Å². The Hall–Kier alpha value is -2.37. The minimum absolute atomic E-state index is 0.0888. The van der Waals surface area contributed by atoms with E-state index in [2.05, 4.69) is 10.6 Å². The number of imide groups is 1. The van der Waals surface area contributed by atoms with Crippen molar-refractivity contribution in [3.05, 3.63) is 64.2 Å². The maximum atomic E-state index is 12.0. The number of carbonyl (C=O) groups is 2. The Labute approximate surface area is 153 Å². The van der Waals surface area contributed by atoms with Crippen molar-refractivity contribution in [1.82, 2.24) is 10.2 Å². The minimum atomic E-state index is -0.539. The number of amides is 3. The molecule has 2 N–H and O–H groups in total. The normalized spacial score (nSPS) is 10.6. The molecular formula is C19H22ClN3O2. The lowest BCUT2D eigenvalue weighted by Gasteiger charge is -2.17. The molecule has 0 spiro atoms. The molecule has 0 aliphatic heterocycles. The van der Waals surface area contributed by atoms with Gasteiger partial charge in [-0.15, -0.1) is 0 Å². The van der Waals surface area contributed by atoms with Crippen molar-refractivity contribution in [3.8, 4) is 0 Å². The second kappa shape index (κ2) is 8.65. The minimum Gasteiger partial charge on any atom is -0.307 e. The zero-order valence-corrected chi connectivity index (χ0v) is 15.4. The van der Waals surface area contributed by atoms with Gasteiger partial charge >= 0.3 is 6.03 Å². The molecule has 0 radical (unpaired) electrons. The third kappa shape index (κ3) is 5.89. The van der Waals surface area contributed by atoms with Gasteiger partial charge in [-0.2, -0.15) is 0 Å². The molecule has 132 valence electrons. The van der Waals surface area contributed by atoms with Crippen molar-refractivity contribution >= 4 is 29.2 Å². The molecule has 0 saturated carbocycles. The van der Waals surface area contributed by atoms with Crippen LogP contribution in [-0.4, -0.2) is 30.4 Å². The molecular weight excluding hydrogens is 338 g/mol. The number of urea groups is 1. The molecule has 5 nitrogen and oxygen atoms in total. The van der Waals surface area contributed by atoms with Gasteiger partial charge in [0, 0.05) is 17.3 Å². The first-order valence-corrected chi connectivity index (χ1v) is 8.33. The molecule has 0 fully saturated rings. The van der Waals surface area contributed by atoms with E-state index < -0.39 is 6.03 Å². The molecule has 0 saturated heterocycles. The lowest BCUT2D eigenvalue weighted by Crippen LogP contribution is -2.40. The van der Waals surface area contributed by atoms with Crippen LogP contribution in [0.15, 0.2) is 42.5 Å². The number of halogens is 1. The third-order valence-electron chi connectivity index (χ3n) is 3.69. The summed E-state index contributed by atoms with van der Waals surface area (Å²) in [6.07, 6.45) is 0. The monoisotopic (exact) mass is 359 g/mol. The predicted octanol–water partition coefficient (Wildman–Crippen LogP) is 3.74. The van der Waals surface area contributed by atoms with Crippen LogP contribution < -0.4 is 10.6 Å². The molecule has 0 aliphatic rings. The maximum Gasteiger partial charge on any atom is 0.325 e. The number of hydrogen-bond donors (Lipinski definition) is 2. The average Bonchev–Trinajstić information content (AvgIpc) is 2.52. The highest BCUT2D eigenvalue weighted by Gasteiger charge is 2.12. The fraction of sp³-hybridized carbons (Fsp3) is 0.263. The Kier molecular flexibility index (Phi) is 6.56. The van der Waals surface area contributed by atoms with E-state index in [0.717, 1.165) is 16.7 Å². The van der Waals surface area contributed by atoms with Gasteiger partial charge in [0.25, 0.3) is 0 Å². The smallest absolute Gasteiger partial charge is 0.307 e. The Morgan fingerprint density at radius 3 is 2.52 bits per heavy atom. The van der Waals surface area contributed by atoms with Gasteiger partial charge in [0.05, 0.1) is 6.54 Å². The van der Waals surface area contributed by atoms with Crippen LogP contribution in [0.25, 0.3) is 0 Å². The van der Waals surface area contributed by atoms with Gasteiger partial charge < -0.3 is 5.32 Å². The summed E-state index contributed by atoms with van der Waals surface area (Å²) in [6.45, 7) is 4.49. The van der Waals surface area contributed by atoms with E-state index in [1.165, 1.54) is 0 Å². The second-order valence-corrected chi connectivity index (χ2v) is 6.49. The lowest BCUT2D eigenvalue weighted by molar-refractivity contribution is -0.120. The third-order valence-corrected chi connectivity index (χ3v) is 4.06. The van der Waals surface area contributed by atoms with Crippen LogP contribution >= 0.6 is 11.6 Å². The van der Waals surface area contributed by atoms with Crippen LogP contribution in [0.4, 0.5) is 10.5 Å². The highest BCUT2D eigenvalue weighted by molar-refractivity contribution is 6.31. The highest BCUT2D eigenvalue weighted by Crippen LogP contribution is 2.17. The van der Waals surface area contributed by atoms with E-state index in [0.29, 0.717) is 17.3 Å². The van der Waals surface area contributed by atoms with E-state index in [1.54, 1.807) is 11.9 Å². The van der Waals surface area contributed by atoms with E-state index >= 15 is 0 Å². The summed E-state index contributed by atoms with van der Waals surface area (Å²) in [5.41, 5.74) is 3.67. The van der Waals surface area contributed by atoms with Gasteiger partial charge in [0.2, 0.25) is 5.91 Å². The lowest BCUT2D eigenvalue weighted by atomic mass is 10.1. The number of aryl methyl sites for hydroxylation is 2. The van der Waals surface area contributed by atoms with Crippen LogP contribution in [0, 0.1) is 13.8 Å². The number of carbonyl (C=O) groups excluding carboxylic acids is 2. The molecule has 2 rings (SSSR count). The largest absolute Gasteiger partial charge is 0.325 e. The molecule has 0 atom stereocenters. The Morgan fingerprint density at radius 1 is 1.12 bits per heavy atom. The van der Waals surface area contributed by atoms with Gasteiger partial charge in [-0.3, -0.25) is 15.0 Å². The first-order chi connectivity index (χ1) is 11.8. The average molecular weight is 360 g/mol. The van der Waals surface area contributed by atoms with Crippen molar-refractivity contribution in [2.45, 2.75) is 20.4 Å².